The zero-order chi connectivity index (χ0) is 11.8. The van der Waals surface area contributed by atoms with Crippen molar-refractivity contribution in [2.45, 2.75) is 18.6 Å². The van der Waals surface area contributed by atoms with Gasteiger partial charge in [0.05, 0.1) is 12.1 Å². The van der Waals surface area contributed by atoms with E-state index in [1.165, 1.54) is 5.56 Å². The van der Waals surface area contributed by atoms with E-state index in [-0.39, 0.29) is 5.75 Å². The Kier molecular flexibility index (Phi) is 2.68. The molecule has 2 aliphatic heterocycles. The number of likely N-dealkylation sites (tertiary alicyclic amines) is 1. The lowest BCUT2D eigenvalue weighted by atomic mass is 10.1. The highest BCUT2D eigenvalue weighted by Crippen LogP contribution is 2.39. The normalized spacial score (nSPS) is 28.1. The highest BCUT2D eigenvalue weighted by Gasteiger charge is 2.34. The number of rotatable bonds is 2. The van der Waals surface area contributed by atoms with Crippen molar-refractivity contribution in [2.24, 2.45) is 0 Å². The molecule has 0 bridgehead atoms. The molecule has 0 radical (unpaired) electrons. The summed E-state index contributed by atoms with van der Waals surface area (Å²) in [5.41, 5.74) is 1.18. The van der Waals surface area contributed by atoms with E-state index in [9.17, 15) is 5.11 Å². The quantitative estimate of drug-likeness (QED) is 0.844. The summed E-state index contributed by atoms with van der Waals surface area (Å²) in [5, 5.41) is 9.41. The number of fused-ring (bicyclic) bond motifs is 1. The summed E-state index contributed by atoms with van der Waals surface area (Å²) in [6, 6.07) is 5.69. The molecule has 92 valence electrons. The van der Waals surface area contributed by atoms with Crippen LogP contribution in [-0.4, -0.2) is 42.9 Å². The van der Waals surface area contributed by atoms with Crippen LogP contribution in [0.2, 0.25) is 0 Å². The molecule has 2 aliphatic rings. The van der Waals surface area contributed by atoms with Crippen molar-refractivity contribution in [3.63, 3.8) is 0 Å². The van der Waals surface area contributed by atoms with Gasteiger partial charge in [-0.25, -0.2) is 0 Å². The van der Waals surface area contributed by atoms with Crippen molar-refractivity contribution in [1.29, 1.82) is 0 Å². The van der Waals surface area contributed by atoms with Crippen molar-refractivity contribution >= 4 is 0 Å². The van der Waals surface area contributed by atoms with Gasteiger partial charge in [-0.15, -0.1) is 0 Å². The molecule has 17 heavy (non-hydrogen) atoms. The third-order valence-corrected chi connectivity index (χ3v) is 3.70. The van der Waals surface area contributed by atoms with E-state index in [4.69, 9.17) is 9.47 Å². The molecule has 1 N–H and O–H groups in total. The van der Waals surface area contributed by atoms with Crippen molar-refractivity contribution in [1.82, 2.24) is 4.90 Å². The van der Waals surface area contributed by atoms with Gasteiger partial charge < -0.3 is 14.6 Å². The highest BCUT2D eigenvalue weighted by molar-refractivity contribution is 5.44. The molecule has 4 nitrogen and oxygen atoms in total. The number of aromatic hydroxyl groups is 1. The van der Waals surface area contributed by atoms with Gasteiger partial charge in [0.25, 0.3) is 0 Å². The summed E-state index contributed by atoms with van der Waals surface area (Å²) in [7, 11) is 1.77. The van der Waals surface area contributed by atoms with E-state index in [1.807, 2.05) is 6.07 Å². The van der Waals surface area contributed by atoms with Crippen LogP contribution in [0.1, 0.15) is 18.0 Å². The monoisotopic (exact) mass is 235 g/mol. The Bertz CT molecular complexity index is 421. The first-order valence-corrected chi connectivity index (χ1v) is 6.00. The summed E-state index contributed by atoms with van der Waals surface area (Å²) in [5.74, 6) is 1.08. The van der Waals surface area contributed by atoms with Gasteiger partial charge in [0.1, 0.15) is 18.1 Å². The minimum absolute atomic E-state index is 0.264. The van der Waals surface area contributed by atoms with Gasteiger partial charge in [-0.2, -0.15) is 0 Å². The van der Waals surface area contributed by atoms with Gasteiger partial charge in [0.2, 0.25) is 0 Å². The van der Waals surface area contributed by atoms with E-state index >= 15 is 0 Å². The van der Waals surface area contributed by atoms with Gasteiger partial charge in [-0.1, -0.05) is 0 Å². The molecule has 2 atom stereocenters. The summed E-state index contributed by atoms with van der Waals surface area (Å²) >= 11 is 0. The second-order valence-electron chi connectivity index (χ2n) is 4.69. The fourth-order valence-corrected chi connectivity index (χ4v) is 2.71. The average Bonchev–Trinajstić information content (AvgIpc) is 2.93. The first-order valence-electron chi connectivity index (χ1n) is 6.00. The van der Waals surface area contributed by atoms with Gasteiger partial charge in [-0.05, 0) is 18.6 Å². The van der Waals surface area contributed by atoms with E-state index in [1.54, 1.807) is 19.2 Å². The number of hydrogen-bond acceptors (Lipinski definition) is 4. The Morgan fingerprint density at radius 3 is 3.12 bits per heavy atom. The molecule has 1 saturated heterocycles. The van der Waals surface area contributed by atoms with Crippen molar-refractivity contribution in [2.75, 3.05) is 26.8 Å². The molecule has 0 aliphatic carbocycles. The van der Waals surface area contributed by atoms with Crippen LogP contribution < -0.4 is 4.74 Å². The predicted octanol–water partition coefficient (Wildman–Crippen LogP) is 1.55. The SMILES string of the molecule is COC1CCN(C2COc3cc(O)ccc32)C1. The second-order valence-corrected chi connectivity index (χ2v) is 4.69. The minimum Gasteiger partial charge on any atom is -0.508 e. The van der Waals surface area contributed by atoms with Gasteiger partial charge in [-0.3, -0.25) is 4.90 Å². The number of phenolic OH excluding ortho intramolecular Hbond substituents is 1. The molecule has 0 spiro atoms. The molecule has 1 aromatic carbocycles. The Hall–Kier alpha value is -1.26. The second kappa shape index (κ2) is 4.20. The number of benzene rings is 1. The molecule has 2 unspecified atom stereocenters. The van der Waals surface area contributed by atoms with Gasteiger partial charge in [0, 0.05) is 31.8 Å². The van der Waals surface area contributed by atoms with Crippen molar-refractivity contribution < 1.29 is 14.6 Å². The third kappa shape index (κ3) is 1.87. The summed E-state index contributed by atoms with van der Waals surface area (Å²) < 4.78 is 11.0. The number of ether oxygens (including phenoxy) is 2. The van der Waals surface area contributed by atoms with Crippen LogP contribution in [-0.2, 0) is 4.74 Å². The molecule has 4 heteroatoms. The zero-order valence-corrected chi connectivity index (χ0v) is 9.93. The van der Waals surface area contributed by atoms with E-state index in [0.717, 1.165) is 25.3 Å². The lowest BCUT2D eigenvalue weighted by Crippen LogP contribution is -2.28. The first kappa shape index (κ1) is 10.9. The zero-order valence-electron chi connectivity index (χ0n) is 9.93. The Morgan fingerprint density at radius 1 is 1.47 bits per heavy atom. The van der Waals surface area contributed by atoms with Crippen LogP contribution in [0, 0.1) is 0 Å². The fraction of sp³-hybridized carbons (Fsp3) is 0.538. The lowest BCUT2D eigenvalue weighted by molar-refractivity contribution is 0.0974. The molecule has 0 aromatic heterocycles. The summed E-state index contributed by atoms with van der Waals surface area (Å²) in [6.45, 7) is 2.69. The molecular weight excluding hydrogens is 218 g/mol. The smallest absolute Gasteiger partial charge is 0.127 e. The Morgan fingerprint density at radius 2 is 2.35 bits per heavy atom. The van der Waals surface area contributed by atoms with Crippen molar-refractivity contribution in [3.05, 3.63) is 23.8 Å². The maximum Gasteiger partial charge on any atom is 0.127 e. The van der Waals surface area contributed by atoms with E-state index in [2.05, 4.69) is 4.90 Å². The van der Waals surface area contributed by atoms with Crippen LogP contribution in [0.15, 0.2) is 18.2 Å². The van der Waals surface area contributed by atoms with Crippen LogP contribution >= 0.6 is 0 Å². The van der Waals surface area contributed by atoms with E-state index < -0.39 is 0 Å². The largest absolute Gasteiger partial charge is 0.508 e. The number of methoxy groups -OCH3 is 1. The fourth-order valence-electron chi connectivity index (χ4n) is 2.71. The van der Waals surface area contributed by atoms with Gasteiger partial charge in [0.15, 0.2) is 0 Å². The standard InChI is InChI=1S/C13H17NO3/c1-16-10-4-5-14(7-10)12-8-17-13-6-9(15)2-3-11(12)13/h2-3,6,10,12,15H,4-5,7-8H2,1H3. The van der Waals surface area contributed by atoms with Gasteiger partial charge >= 0.3 is 0 Å². The van der Waals surface area contributed by atoms with Crippen LogP contribution in [0.25, 0.3) is 0 Å². The van der Waals surface area contributed by atoms with E-state index in [0.29, 0.717) is 18.8 Å². The molecule has 1 fully saturated rings. The van der Waals surface area contributed by atoms with Crippen molar-refractivity contribution in [3.8, 4) is 11.5 Å². The average molecular weight is 235 g/mol. The summed E-state index contributed by atoms with van der Waals surface area (Å²) in [6.07, 6.45) is 1.43. The minimum atomic E-state index is 0.264. The predicted molar refractivity (Wildman–Crippen MR) is 63.3 cm³/mol. The maximum absolute atomic E-state index is 9.41. The molecule has 0 saturated carbocycles. The molecular formula is C13H17NO3. The third-order valence-electron chi connectivity index (χ3n) is 3.70. The molecule has 0 amide bonds. The summed E-state index contributed by atoms with van der Waals surface area (Å²) in [4.78, 5) is 2.40. The van der Waals surface area contributed by atoms with Crippen LogP contribution in [0.5, 0.6) is 11.5 Å². The first-order chi connectivity index (χ1) is 8.28. The molecule has 2 heterocycles. The number of nitrogens with zero attached hydrogens (tertiary/aromatic N) is 1. The maximum atomic E-state index is 9.41. The van der Waals surface area contributed by atoms with Crippen LogP contribution in [0.4, 0.5) is 0 Å². The lowest BCUT2D eigenvalue weighted by Gasteiger charge is -2.22. The number of phenols is 1. The topological polar surface area (TPSA) is 41.9 Å². The molecule has 1 aromatic rings. The molecule has 3 rings (SSSR count). The highest BCUT2D eigenvalue weighted by atomic mass is 16.5. The Balaban J connectivity index is 1.80. The Labute approximate surface area is 101 Å². The number of hydrogen-bond donors (Lipinski definition) is 1. The van der Waals surface area contributed by atoms with Crippen LogP contribution in [0.3, 0.4) is 0 Å².